The van der Waals surface area contributed by atoms with Crippen LogP contribution in [0.3, 0.4) is 0 Å². The summed E-state index contributed by atoms with van der Waals surface area (Å²) < 4.78 is 5.70. The van der Waals surface area contributed by atoms with Gasteiger partial charge in [-0.25, -0.2) is 0 Å². The van der Waals surface area contributed by atoms with Crippen molar-refractivity contribution < 1.29 is 9.21 Å². The van der Waals surface area contributed by atoms with Gasteiger partial charge in [-0.3, -0.25) is 4.79 Å². The van der Waals surface area contributed by atoms with Crippen LogP contribution in [0.1, 0.15) is 10.4 Å². The van der Waals surface area contributed by atoms with Crippen molar-refractivity contribution in [3.63, 3.8) is 0 Å². The molecule has 1 N–H and O–H groups in total. The standard InChI is InChI=1S/C11H13BrN2O2.ClH/c12-10-1-7(6-16-10)11(15)14-4-8-2-13-3-9(8)5-14;/h1,6,8-9,13H,2-5H2;1H/t8-,9+;. The molecule has 2 atom stereocenters. The van der Waals surface area contributed by atoms with E-state index in [-0.39, 0.29) is 18.3 Å². The molecular formula is C11H14BrClN2O2. The molecule has 1 amide bonds. The van der Waals surface area contributed by atoms with Crippen LogP contribution in [0.2, 0.25) is 0 Å². The minimum Gasteiger partial charge on any atom is -0.457 e. The lowest BCUT2D eigenvalue weighted by Crippen LogP contribution is -2.31. The highest BCUT2D eigenvalue weighted by Gasteiger charge is 2.38. The second-order valence-electron chi connectivity index (χ2n) is 4.53. The number of hydrogen-bond acceptors (Lipinski definition) is 3. The number of carbonyl (C=O) groups is 1. The molecule has 3 rings (SSSR count). The summed E-state index contributed by atoms with van der Waals surface area (Å²) in [5, 5.41) is 3.36. The van der Waals surface area contributed by atoms with Gasteiger partial charge in [0.2, 0.25) is 0 Å². The van der Waals surface area contributed by atoms with Gasteiger partial charge in [0.05, 0.1) is 5.56 Å². The highest BCUT2D eigenvalue weighted by Crippen LogP contribution is 2.28. The van der Waals surface area contributed by atoms with Crippen LogP contribution in [0.4, 0.5) is 0 Å². The highest BCUT2D eigenvalue weighted by molar-refractivity contribution is 9.10. The quantitative estimate of drug-likeness (QED) is 0.857. The number of furan rings is 1. The summed E-state index contributed by atoms with van der Waals surface area (Å²) in [5.41, 5.74) is 0.639. The lowest BCUT2D eigenvalue weighted by Gasteiger charge is -2.16. The van der Waals surface area contributed by atoms with E-state index in [9.17, 15) is 4.79 Å². The molecule has 3 heterocycles. The Morgan fingerprint density at radius 1 is 1.41 bits per heavy atom. The van der Waals surface area contributed by atoms with Crippen LogP contribution in [0.25, 0.3) is 0 Å². The zero-order valence-corrected chi connectivity index (χ0v) is 11.6. The molecule has 6 heteroatoms. The average molecular weight is 322 g/mol. The van der Waals surface area contributed by atoms with Gasteiger partial charge in [0.1, 0.15) is 6.26 Å². The smallest absolute Gasteiger partial charge is 0.257 e. The van der Waals surface area contributed by atoms with Crippen LogP contribution in [0.15, 0.2) is 21.4 Å². The average Bonchev–Trinajstić information content (AvgIpc) is 2.89. The van der Waals surface area contributed by atoms with Crippen LogP contribution < -0.4 is 5.32 Å². The number of carbonyl (C=O) groups excluding carboxylic acids is 1. The van der Waals surface area contributed by atoms with Gasteiger partial charge in [0, 0.05) is 32.2 Å². The molecule has 0 bridgehead atoms. The summed E-state index contributed by atoms with van der Waals surface area (Å²) in [6, 6.07) is 1.73. The van der Waals surface area contributed by atoms with Crippen molar-refractivity contribution >= 4 is 34.2 Å². The fourth-order valence-electron chi connectivity index (χ4n) is 2.63. The van der Waals surface area contributed by atoms with Gasteiger partial charge in [-0.05, 0) is 27.8 Å². The lowest BCUT2D eigenvalue weighted by molar-refractivity contribution is 0.0781. The maximum Gasteiger partial charge on any atom is 0.257 e. The second-order valence-corrected chi connectivity index (χ2v) is 5.31. The second kappa shape index (κ2) is 5.00. The maximum absolute atomic E-state index is 12.1. The van der Waals surface area contributed by atoms with Crippen LogP contribution >= 0.6 is 28.3 Å². The van der Waals surface area contributed by atoms with E-state index in [4.69, 9.17) is 4.42 Å². The number of nitrogens with zero attached hydrogens (tertiary/aromatic N) is 1. The topological polar surface area (TPSA) is 45.5 Å². The first kappa shape index (κ1) is 12.9. The van der Waals surface area contributed by atoms with Gasteiger partial charge in [0.25, 0.3) is 5.91 Å². The third kappa shape index (κ3) is 2.37. The Hall–Kier alpha value is -0.520. The van der Waals surface area contributed by atoms with E-state index in [1.54, 1.807) is 6.07 Å². The first-order valence-electron chi connectivity index (χ1n) is 5.48. The van der Waals surface area contributed by atoms with Gasteiger partial charge in [0.15, 0.2) is 4.67 Å². The predicted octanol–water partition coefficient (Wildman–Crippen LogP) is 1.76. The highest BCUT2D eigenvalue weighted by atomic mass is 79.9. The Kier molecular flexibility index (Phi) is 3.80. The Labute approximate surface area is 114 Å². The minimum absolute atomic E-state index is 0. The zero-order chi connectivity index (χ0) is 11.1. The molecule has 2 aliphatic heterocycles. The van der Waals surface area contributed by atoms with E-state index in [0.29, 0.717) is 22.1 Å². The summed E-state index contributed by atoms with van der Waals surface area (Å²) in [4.78, 5) is 14.1. The fraction of sp³-hybridized carbons (Fsp3) is 0.545. The van der Waals surface area contributed by atoms with Gasteiger partial charge in [-0.1, -0.05) is 0 Å². The Balaban J connectivity index is 0.00000108. The molecule has 1 aromatic heterocycles. The van der Waals surface area contributed by atoms with Crippen molar-refractivity contribution in [1.29, 1.82) is 0 Å². The van der Waals surface area contributed by atoms with Gasteiger partial charge in [-0.15, -0.1) is 12.4 Å². The molecule has 0 spiro atoms. The number of fused-ring (bicyclic) bond motifs is 1. The van der Waals surface area contributed by atoms with Crippen molar-refractivity contribution in [2.45, 2.75) is 0 Å². The molecular weight excluding hydrogens is 307 g/mol. The van der Waals surface area contributed by atoms with Crippen molar-refractivity contribution in [3.8, 4) is 0 Å². The summed E-state index contributed by atoms with van der Waals surface area (Å²) in [5.74, 6) is 1.36. The molecule has 2 aliphatic rings. The number of hydrogen-bond donors (Lipinski definition) is 1. The van der Waals surface area contributed by atoms with Gasteiger partial charge >= 0.3 is 0 Å². The third-order valence-corrected chi connectivity index (χ3v) is 3.91. The monoisotopic (exact) mass is 320 g/mol. The Morgan fingerprint density at radius 2 is 2.06 bits per heavy atom. The summed E-state index contributed by atoms with van der Waals surface area (Å²) in [6.45, 7) is 3.84. The summed E-state index contributed by atoms with van der Waals surface area (Å²) in [6.07, 6.45) is 1.51. The number of rotatable bonds is 1. The lowest BCUT2D eigenvalue weighted by atomic mass is 10.0. The van der Waals surface area contributed by atoms with Crippen molar-refractivity contribution in [1.82, 2.24) is 10.2 Å². The number of likely N-dealkylation sites (tertiary alicyclic amines) is 1. The Bertz CT molecular complexity index is 411. The molecule has 4 nitrogen and oxygen atoms in total. The van der Waals surface area contributed by atoms with Crippen LogP contribution in [-0.4, -0.2) is 37.0 Å². The zero-order valence-electron chi connectivity index (χ0n) is 9.19. The molecule has 0 unspecified atom stereocenters. The van der Waals surface area contributed by atoms with Crippen LogP contribution in [0, 0.1) is 11.8 Å². The predicted molar refractivity (Wildman–Crippen MR) is 69.4 cm³/mol. The molecule has 2 saturated heterocycles. The van der Waals surface area contributed by atoms with E-state index < -0.39 is 0 Å². The van der Waals surface area contributed by atoms with E-state index >= 15 is 0 Å². The molecule has 0 saturated carbocycles. The van der Waals surface area contributed by atoms with Crippen molar-refractivity contribution in [2.75, 3.05) is 26.2 Å². The maximum atomic E-state index is 12.1. The molecule has 0 aliphatic carbocycles. The molecule has 0 radical (unpaired) electrons. The summed E-state index contributed by atoms with van der Waals surface area (Å²) in [7, 11) is 0. The van der Waals surface area contributed by atoms with Crippen molar-refractivity contribution in [3.05, 3.63) is 22.6 Å². The first-order valence-corrected chi connectivity index (χ1v) is 6.27. The molecule has 1 aromatic rings. The number of amides is 1. The van der Waals surface area contributed by atoms with E-state index in [2.05, 4.69) is 21.2 Å². The largest absolute Gasteiger partial charge is 0.457 e. The normalized spacial score (nSPS) is 26.8. The molecule has 0 aromatic carbocycles. The van der Waals surface area contributed by atoms with Crippen LogP contribution in [0.5, 0.6) is 0 Å². The first-order chi connectivity index (χ1) is 7.74. The van der Waals surface area contributed by atoms with Crippen LogP contribution in [-0.2, 0) is 0 Å². The third-order valence-electron chi connectivity index (χ3n) is 3.49. The van der Waals surface area contributed by atoms with E-state index in [0.717, 1.165) is 26.2 Å². The van der Waals surface area contributed by atoms with Gasteiger partial charge < -0.3 is 14.6 Å². The molecule has 94 valence electrons. The fourth-order valence-corrected chi connectivity index (χ4v) is 2.97. The number of halogens is 2. The number of nitrogens with one attached hydrogen (secondary N) is 1. The van der Waals surface area contributed by atoms with E-state index in [1.165, 1.54) is 6.26 Å². The molecule has 17 heavy (non-hydrogen) atoms. The van der Waals surface area contributed by atoms with Crippen molar-refractivity contribution in [2.24, 2.45) is 11.8 Å². The summed E-state index contributed by atoms with van der Waals surface area (Å²) >= 11 is 3.21. The minimum atomic E-state index is 0. The Morgan fingerprint density at radius 3 is 2.59 bits per heavy atom. The molecule has 2 fully saturated rings. The van der Waals surface area contributed by atoms with Gasteiger partial charge in [-0.2, -0.15) is 0 Å². The SMILES string of the molecule is Cl.O=C(c1coc(Br)c1)N1C[C@H]2CNC[C@H]2C1. The van der Waals surface area contributed by atoms with E-state index in [1.807, 2.05) is 4.90 Å².